The summed E-state index contributed by atoms with van der Waals surface area (Å²) in [5.74, 6) is 1.64. The number of ether oxygens (including phenoxy) is 2. The fourth-order valence-electron chi connectivity index (χ4n) is 2.94. The number of nitrogens with two attached hydrogens (primary N) is 1. The van der Waals surface area contributed by atoms with Crippen molar-refractivity contribution >= 4 is 5.82 Å². The van der Waals surface area contributed by atoms with Gasteiger partial charge in [-0.05, 0) is 36.6 Å². The summed E-state index contributed by atoms with van der Waals surface area (Å²) in [7, 11) is 3.22. The molecule has 5 nitrogen and oxygen atoms in total. The summed E-state index contributed by atoms with van der Waals surface area (Å²) in [4.78, 5) is 4.47. The van der Waals surface area contributed by atoms with Gasteiger partial charge in [0.1, 0.15) is 28.9 Å². The van der Waals surface area contributed by atoms with Crippen LogP contribution in [0.25, 0.3) is 11.1 Å². The van der Waals surface area contributed by atoms with Crippen LogP contribution in [-0.2, 0) is 12.8 Å². The van der Waals surface area contributed by atoms with Crippen molar-refractivity contribution in [3.05, 3.63) is 35.0 Å². The molecule has 1 aromatic carbocycles. The Hall–Kier alpha value is -2.74. The number of nitrogen functional groups attached to an aromatic ring is 1. The number of benzene rings is 1. The average molecular weight is 325 g/mol. The molecule has 0 spiro atoms. The molecule has 1 aromatic heterocycles. The second kappa shape index (κ2) is 7.69. The fourth-order valence-corrected chi connectivity index (χ4v) is 2.94. The van der Waals surface area contributed by atoms with Crippen LogP contribution in [0.2, 0.25) is 0 Å². The summed E-state index contributed by atoms with van der Waals surface area (Å²) in [5, 5.41) is 9.65. The smallest absolute Gasteiger partial charge is 0.142 e. The molecule has 0 aliphatic rings. The van der Waals surface area contributed by atoms with E-state index in [4.69, 9.17) is 15.2 Å². The fraction of sp³-hybridized carbons (Fsp3) is 0.368. The minimum Gasteiger partial charge on any atom is -0.497 e. The number of anilines is 1. The van der Waals surface area contributed by atoms with Crippen LogP contribution >= 0.6 is 0 Å². The Balaban J connectivity index is 2.89. The third-order valence-electron chi connectivity index (χ3n) is 4.04. The standard InChI is InChI=1S/C19H23N3O2/c1-5-7-16-13(6-2)18(15(11-20)19(21)22-16)14-10-12(23-3)8-9-17(14)24-4/h8-10H,5-7H2,1-4H3,(H2,21,22). The van der Waals surface area contributed by atoms with E-state index in [1.165, 1.54) is 0 Å². The molecular formula is C19H23N3O2. The molecular weight excluding hydrogens is 302 g/mol. The highest BCUT2D eigenvalue weighted by molar-refractivity contribution is 5.83. The summed E-state index contributed by atoms with van der Waals surface area (Å²) in [5.41, 5.74) is 10.0. The molecule has 0 fully saturated rings. The van der Waals surface area contributed by atoms with Crippen molar-refractivity contribution in [1.82, 2.24) is 4.98 Å². The lowest BCUT2D eigenvalue weighted by molar-refractivity contribution is 0.404. The molecule has 5 heteroatoms. The summed E-state index contributed by atoms with van der Waals surface area (Å²) < 4.78 is 10.9. The van der Waals surface area contributed by atoms with Gasteiger partial charge in [0, 0.05) is 16.8 Å². The van der Waals surface area contributed by atoms with Crippen LogP contribution in [0, 0.1) is 11.3 Å². The maximum Gasteiger partial charge on any atom is 0.142 e. The van der Waals surface area contributed by atoms with E-state index in [2.05, 4.69) is 24.9 Å². The second-order valence-corrected chi connectivity index (χ2v) is 5.45. The first-order chi connectivity index (χ1) is 11.6. The zero-order chi connectivity index (χ0) is 17.7. The largest absolute Gasteiger partial charge is 0.497 e. The number of aromatic nitrogens is 1. The van der Waals surface area contributed by atoms with E-state index in [-0.39, 0.29) is 5.82 Å². The van der Waals surface area contributed by atoms with Gasteiger partial charge in [-0.2, -0.15) is 5.26 Å². The first-order valence-electron chi connectivity index (χ1n) is 8.04. The zero-order valence-corrected chi connectivity index (χ0v) is 14.6. The first kappa shape index (κ1) is 17.6. The molecule has 0 saturated heterocycles. The van der Waals surface area contributed by atoms with E-state index in [9.17, 15) is 5.26 Å². The number of hydrogen-bond donors (Lipinski definition) is 1. The normalized spacial score (nSPS) is 10.3. The van der Waals surface area contributed by atoms with Crippen molar-refractivity contribution in [3.63, 3.8) is 0 Å². The van der Waals surface area contributed by atoms with Crippen LogP contribution in [-0.4, -0.2) is 19.2 Å². The molecule has 0 saturated carbocycles. The highest BCUT2D eigenvalue weighted by Gasteiger charge is 2.21. The van der Waals surface area contributed by atoms with Gasteiger partial charge in [-0.1, -0.05) is 20.3 Å². The van der Waals surface area contributed by atoms with E-state index < -0.39 is 0 Å². The number of pyridine rings is 1. The highest BCUT2D eigenvalue weighted by atomic mass is 16.5. The average Bonchev–Trinajstić information content (AvgIpc) is 2.60. The van der Waals surface area contributed by atoms with Crippen LogP contribution in [0.4, 0.5) is 5.82 Å². The Kier molecular flexibility index (Phi) is 5.64. The van der Waals surface area contributed by atoms with Crippen LogP contribution in [0.3, 0.4) is 0 Å². The minimum absolute atomic E-state index is 0.262. The summed E-state index contributed by atoms with van der Waals surface area (Å²) in [6.45, 7) is 4.16. The van der Waals surface area contributed by atoms with E-state index in [1.807, 2.05) is 18.2 Å². The van der Waals surface area contributed by atoms with E-state index in [0.29, 0.717) is 17.1 Å². The Morgan fingerprint density at radius 3 is 2.50 bits per heavy atom. The number of hydrogen-bond acceptors (Lipinski definition) is 5. The van der Waals surface area contributed by atoms with E-state index in [1.54, 1.807) is 14.2 Å². The maximum absolute atomic E-state index is 9.65. The predicted octanol–water partition coefficient (Wildman–Crippen LogP) is 3.73. The number of nitrogens with zero attached hydrogens (tertiary/aromatic N) is 2. The summed E-state index contributed by atoms with van der Waals surface area (Å²) in [6, 6.07) is 7.76. The van der Waals surface area contributed by atoms with Crippen molar-refractivity contribution < 1.29 is 9.47 Å². The van der Waals surface area contributed by atoms with E-state index >= 15 is 0 Å². The van der Waals surface area contributed by atoms with Gasteiger partial charge in [0.15, 0.2) is 0 Å². The van der Waals surface area contributed by atoms with Crippen molar-refractivity contribution in [2.45, 2.75) is 33.1 Å². The summed E-state index contributed by atoms with van der Waals surface area (Å²) in [6.07, 6.45) is 2.53. The molecule has 0 aliphatic heterocycles. The lowest BCUT2D eigenvalue weighted by Crippen LogP contribution is -2.08. The SMILES string of the molecule is CCCc1nc(N)c(C#N)c(-c2cc(OC)ccc2OC)c1CC. The molecule has 0 atom stereocenters. The van der Waals surface area contributed by atoms with Gasteiger partial charge in [-0.15, -0.1) is 0 Å². The van der Waals surface area contributed by atoms with Crippen LogP contribution < -0.4 is 15.2 Å². The quantitative estimate of drug-likeness (QED) is 0.875. The molecule has 0 amide bonds. The molecule has 1 heterocycles. The molecule has 2 N–H and O–H groups in total. The Morgan fingerprint density at radius 2 is 1.96 bits per heavy atom. The predicted molar refractivity (Wildman–Crippen MR) is 95.3 cm³/mol. The van der Waals surface area contributed by atoms with Gasteiger partial charge in [0.25, 0.3) is 0 Å². The van der Waals surface area contributed by atoms with Crippen molar-refractivity contribution in [3.8, 4) is 28.7 Å². The van der Waals surface area contributed by atoms with Crippen molar-refractivity contribution in [2.75, 3.05) is 20.0 Å². The molecule has 0 aliphatic carbocycles. The molecule has 2 rings (SSSR count). The van der Waals surface area contributed by atoms with Gasteiger partial charge < -0.3 is 15.2 Å². The molecule has 0 bridgehead atoms. The van der Waals surface area contributed by atoms with Gasteiger partial charge >= 0.3 is 0 Å². The molecule has 2 aromatic rings. The molecule has 126 valence electrons. The zero-order valence-electron chi connectivity index (χ0n) is 14.6. The third kappa shape index (κ3) is 3.13. The summed E-state index contributed by atoms with van der Waals surface area (Å²) >= 11 is 0. The third-order valence-corrected chi connectivity index (χ3v) is 4.04. The Bertz CT molecular complexity index is 779. The van der Waals surface area contributed by atoms with E-state index in [0.717, 1.165) is 41.6 Å². The van der Waals surface area contributed by atoms with Gasteiger partial charge in [0.05, 0.1) is 14.2 Å². The molecule has 0 unspecified atom stereocenters. The van der Waals surface area contributed by atoms with Crippen LogP contribution in [0.5, 0.6) is 11.5 Å². The van der Waals surface area contributed by atoms with Crippen LogP contribution in [0.15, 0.2) is 18.2 Å². The van der Waals surface area contributed by atoms with Crippen molar-refractivity contribution in [2.24, 2.45) is 0 Å². The maximum atomic E-state index is 9.65. The highest BCUT2D eigenvalue weighted by Crippen LogP contribution is 2.40. The topological polar surface area (TPSA) is 81.2 Å². The number of methoxy groups -OCH3 is 2. The lowest BCUT2D eigenvalue weighted by atomic mass is 9.91. The second-order valence-electron chi connectivity index (χ2n) is 5.45. The first-order valence-corrected chi connectivity index (χ1v) is 8.04. The van der Waals surface area contributed by atoms with Gasteiger partial charge in [0.2, 0.25) is 0 Å². The van der Waals surface area contributed by atoms with Gasteiger partial charge in [-0.3, -0.25) is 0 Å². The number of nitriles is 1. The number of rotatable bonds is 6. The van der Waals surface area contributed by atoms with Gasteiger partial charge in [-0.25, -0.2) is 4.98 Å². The number of aryl methyl sites for hydroxylation is 1. The monoisotopic (exact) mass is 325 g/mol. The lowest BCUT2D eigenvalue weighted by Gasteiger charge is -2.18. The molecule has 24 heavy (non-hydrogen) atoms. The molecule has 0 radical (unpaired) electrons. The Labute approximate surface area is 143 Å². The minimum atomic E-state index is 0.262. The van der Waals surface area contributed by atoms with Crippen molar-refractivity contribution in [1.29, 1.82) is 5.26 Å². The Morgan fingerprint density at radius 1 is 1.21 bits per heavy atom. The van der Waals surface area contributed by atoms with Crippen LogP contribution in [0.1, 0.15) is 37.1 Å².